The van der Waals surface area contributed by atoms with Gasteiger partial charge in [-0.3, -0.25) is 24.0 Å². The second-order valence-corrected chi connectivity index (χ2v) is 7.62. The van der Waals surface area contributed by atoms with Crippen LogP contribution < -0.4 is 5.32 Å². The molecule has 2 N–H and O–H groups in total. The Kier molecular flexibility index (Phi) is 10.8. The maximum Gasteiger partial charge on any atom is 0.401 e. The molecule has 0 aromatic carbocycles. The third-order valence-electron chi connectivity index (χ3n) is 4.56. The fourth-order valence-electron chi connectivity index (χ4n) is 3.38. The zero-order chi connectivity index (χ0) is 28.6. The number of carbonyl (C=O) groups is 6. The highest BCUT2D eigenvalue weighted by Gasteiger charge is 2.58. The van der Waals surface area contributed by atoms with Gasteiger partial charge in [0.05, 0.1) is 25.2 Å². The van der Waals surface area contributed by atoms with Crippen LogP contribution in [0.15, 0.2) is 5.11 Å². The number of esters is 5. The van der Waals surface area contributed by atoms with Gasteiger partial charge in [0.1, 0.15) is 12.2 Å². The van der Waals surface area contributed by atoms with Crippen molar-refractivity contribution in [3.05, 3.63) is 10.4 Å². The van der Waals surface area contributed by atoms with Crippen molar-refractivity contribution in [2.45, 2.75) is 76.7 Å². The molecule has 0 spiro atoms. The second-order valence-electron chi connectivity index (χ2n) is 7.62. The lowest BCUT2D eigenvalue weighted by atomic mass is 9.89. The van der Waals surface area contributed by atoms with E-state index in [1.807, 2.05) is 4.91 Å². The van der Waals surface area contributed by atoms with Crippen LogP contribution >= 0.6 is 0 Å². The molecule has 1 fully saturated rings. The van der Waals surface area contributed by atoms with Gasteiger partial charge in [0.15, 0.2) is 0 Å². The summed E-state index contributed by atoms with van der Waals surface area (Å²) in [7, 11) is 0. The van der Waals surface area contributed by atoms with Gasteiger partial charge in [-0.1, -0.05) is 0 Å². The van der Waals surface area contributed by atoms with E-state index in [4.69, 9.17) is 24.5 Å². The number of carbonyl (C=O) groups excluding carboxylic acids is 6. The summed E-state index contributed by atoms with van der Waals surface area (Å²) in [6.45, 7) is 2.65. The molecule has 1 amide bonds. The van der Waals surface area contributed by atoms with Crippen LogP contribution in [0.1, 0.15) is 40.5 Å². The van der Waals surface area contributed by atoms with E-state index >= 15 is 0 Å². The van der Waals surface area contributed by atoms with Crippen LogP contribution in [0.4, 0.5) is 8.78 Å². The van der Waals surface area contributed by atoms with Gasteiger partial charge in [0, 0.05) is 39.0 Å². The van der Waals surface area contributed by atoms with Crippen LogP contribution in [0.2, 0.25) is 0 Å². The molecular weight excluding hydrogens is 514 g/mol. The minimum atomic E-state index is -4.63. The molecule has 0 aliphatic carbocycles. The molecule has 37 heavy (non-hydrogen) atoms. The Balaban J connectivity index is 3.66. The summed E-state index contributed by atoms with van der Waals surface area (Å²) in [5.41, 5.74) is 8.30. The molecule has 1 aliphatic heterocycles. The number of amides is 1. The lowest BCUT2D eigenvalue weighted by Crippen LogP contribution is -2.66. The van der Waals surface area contributed by atoms with E-state index in [2.05, 4.69) is 9.85 Å². The van der Waals surface area contributed by atoms with Crippen molar-refractivity contribution in [3.63, 3.8) is 0 Å². The van der Waals surface area contributed by atoms with Crippen LogP contribution in [0.5, 0.6) is 0 Å². The third kappa shape index (κ3) is 8.93. The Bertz CT molecular complexity index is 986. The summed E-state index contributed by atoms with van der Waals surface area (Å²) in [5.74, 6) is -10.9. The lowest BCUT2D eigenvalue weighted by molar-refractivity contribution is -0.290. The van der Waals surface area contributed by atoms with Crippen LogP contribution in [0, 0.1) is 0 Å². The number of alkyl halides is 2. The highest BCUT2D eigenvalue weighted by atomic mass is 19.3. The number of rotatable bonds is 10. The number of nitrogens with one attached hydrogen (secondary N) is 1. The molecule has 0 saturated carbocycles. The number of azide groups is 1. The van der Waals surface area contributed by atoms with Gasteiger partial charge in [-0.25, -0.2) is 4.79 Å². The van der Waals surface area contributed by atoms with Crippen molar-refractivity contribution >= 4 is 35.8 Å². The van der Waals surface area contributed by atoms with E-state index in [-0.39, 0.29) is 0 Å². The quantitative estimate of drug-likeness (QED) is 0.0698. The summed E-state index contributed by atoms with van der Waals surface area (Å²) >= 11 is 0. The van der Waals surface area contributed by atoms with Gasteiger partial charge in [-0.2, -0.15) is 8.78 Å². The number of aliphatic hydroxyl groups excluding tert-OH is 1. The van der Waals surface area contributed by atoms with Crippen LogP contribution in [0.25, 0.3) is 10.4 Å². The average molecular weight is 538 g/mol. The van der Waals surface area contributed by atoms with E-state index < -0.39 is 91.4 Å². The minimum absolute atomic E-state index is 0.664. The smallest absolute Gasteiger partial charge is 0.401 e. The highest BCUT2D eigenvalue weighted by Crippen LogP contribution is 2.36. The molecule has 1 heterocycles. The number of aliphatic hydroxyl groups is 1. The van der Waals surface area contributed by atoms with E-state index in [1.54, 1.807) is 5.32 Å². The standard InChI is InChI=1S/C19H24F2N4O12/c1-8(27)33-12(7-26)5-13-15(23-16(31)19(20,21)24-25-22)14(34-9(2)28)6-18(37-13,36-11(4)30)17(32)35-10(3)29/h12-15,26H,5-7H2,1-4H3,(H,23,31)/t12-,13?,14+,15-,18?/m0/s1. The Morgan fingerprint density at radius 2 is 1.76 bits per heavy atom. The van der Waals surface area contributed by atoms with Gasteiger partial charge in [0.2, 0.25) is 0 Å². The molecule has 206 valence electrons. The number of halogens is 2. The van der Waals surface area contributed by atoms with Crippen molar-refractivity contribution in [1.29, 1.82) is 0 Å². The molecule has 16 nitrogen and oxygen atoms in total. The van der Waals surface area contributed by atoms with Gasteiger partial charge in [0.25, 0.3) is 5.91 Å². The highest BCUT2D eigenvalue weighted by molar-refractivity contribution is 5.90. The zero-order valence-electron chi connectivity index (χ0n) is 20.0. The van der Waals surface area contributed by atoms with Crippen LogP contribution in [-0.2, 0) is 52.5 Å². The average Bonchev–Trinajstić information content (AvgIpc) is 2.73. The number of ether oxygens (including phenoxy) is 5. The van der Waals surface area contributed by atoms with Gasteiger partial charge in [-0.05, 0) is 10.6 Å². The Labute approximate surface area is 207 Å². The van der Waals surface area contributed by atoms with Crippen molar-refractivity contribution in [2.75, 3.05) is 6.61 Å². The molecule has 1 aliphatic rings. The summed E-state index contributed by atoms with van der Waals surface area (Å²) in [5, 5.41) is 13.4. The van der Waals surface area contributed by atoms with Crippen LogP contribution in [-0.4, -0.2) is 83.7 Å². The summed E-state index contributed by atoms with van der Waals surface area (Å²) in [6, 6.07) is -6.43. The number of nitrogens with zero attached hydrogens (tertiary/aromatic N) is 3. The fourth-order valence-corrected chi connectivity index (χ4v) is 3.38. The SMILES string of the molecule is CC(=O)OC(=O)C1(OC(C)=O)C[C@@H](OC(C)=O)[C@@H](NC(=O)C(F)(F)N=[N+]=[N-])C(C[C@@H](CO)OC(C)=O)O1. The Morgan fingerprint density at radius 3 is 2.22 bits per heavy atom. The monoisotopic (exact) mass is 538 g/mol. The van der Waals surface area contributed by atoms with Crippen molar-refractivity contribution in [1.82, 2.24) is 5.32 Å². The molecular formula is C19H24F2N4O12. The predicted molar refractivity (Wildman–Crippen MR) is 110 cm³/mol. The summed E-state index contributed by atoms with van der Waals surface area (Å²) < 4.78 is 52.7. The predicted octanol–water partition coefficient (Wildman–Crippen LogP) is -0.242. The topological polar surface area (TPSA) is 230 Å². The molecule has 0 bridgehead atoms. The molecule has 2 unspecified atom stereocenters. The zero-order valence-corrected chi connectivity index (χ0v) is 20.0. The van der Waals surface area contributed by atoms with E-state index in [9.17, 15) is 42.7 Å². The molecule has 18 heteroatoms. The largest absolute Gasteiger partial charge is 0.460 e. The van der Waals surface area contributed by atoms with Gasteiger partial charge in [-0.15, -0.1) is 0 Å². The first-order valence-corrected chi connectivity index (χ1v) is 10.4. The molecule has 1 rings (SSSR count). The molecule has 0 aromatic rings. The van der Waals surface area contributed by atoms with Crippen LogP contribution in [0.3, 0.4) is 0 Å². The molecule has 0 radical (unpaired) electrons. The molecule has 1 saturated heterocycles. The first kappa shape index (κ1) is 31.1. The maximum absolute atomic E-state index is 13.9. The number of hydrogen-bond acceptors (Lipinski definition) is 13. The van der Waals surface area contributed by atoms with E-state index in [0.29, 0.717) is 0 Å². The summed E-state index contributed by atoms with van der Waals surface area (Å²) in [6.07, 6.45) is -6.64. The number of hydrogen-bond donors (Lipinski definition) is 2. The Hall–Kier alpha value is -3.89. The van der Waals surface area contributed by atoms with Crippen molar-refractivity contribution < 1.29 is 66.3 Å². The summed E-state index contributed by atoms with van der Waals surface area (Å²) in [4.78, 5) is 73.2. The third-order valence-corrected chi connectivity index (χ3v) is 4.56. The van der Waals surface area contributed by atoms with Crippen molar-refractivity contribution in [2.24, 2.45) is 5.11 Å². The van der Waals surface area contributed by atoms with E-state index in [1.165, 1.54) is 0 Å². The maximum atomic E-state index is 13.9. The first-order valence-electron chi connectivity index (χ1n) is 10.4. The lowest BCUT2D eigenvalue weighted by Gasteiger charge is -2.46. The van der Waals surface area contributed by atoms with Gasteiger partial charge >= 0.3 is 41.7 Å². The first-order chi connectivity index (χ1) is 17.1. The van der Waals surface area contributed by atoms with Gasteiger partial charge < -0.3 is 34.1 Å². The normalized spacial score (nSPS) is 23.9. The minimum Gasteiger partial charge on any atom is -0.460 e. The molecule has 0 aromatic heterocycles. The Morgan fingerprint density at radius 1 is 1.14 bits per heavy atom. The second kappa shape index (κ2) is 12.9. The fraction of sp³-hybridized carbons (Fsp3) is 0.684. The molecule has 5 atom stereocenters. The van der Waals surface area contributed by atoms with Crippen molar-refractivity contribution in [3.8, 4) is 0 Å². The van der Waals surface area contributed by atoms with E-state index in [0.717, 1.165) is 27.7 Å².